The third-order valence-electron chi connectivity index (χ3n) is 5.74. The monoisotopic (exact) mass is 484 g/mol. The van der Waals surface area contributed by atoms with E-state index in [4.69, 9.17) is 23.7 Å². The maximum atomic E-state index is 12.7. The third kappa shape index (κ3) is 7.37. The van der Waals surface area contributed by atoms with Gasteiger partial charge in [0.15, 0.2) is 23.0 Å². The maximum absolute atomic E-state index is 12.7. The van der Waals surface area contributed by atoms with Crippen molar-refractivity contribution in [3.8, 4) is 23.0 Å². The summed E-state index contributed by atoms with van der Waals surface area (Å²) in [5, 5.41) is 3.05. The molecule has 1 heterocycles. The number of hydrogen-bond donors (Lipinski definition) is 1. The molecule has 1 aliphatic rings. The lowest BCUT2D eigenvalue weighted by molar-refractivity contribution is -0.116. The largest absolute Gasteiger partial charge is 0.493 e. The molecule has 3 rings (SSSR count). The molecule has 0 aliphatic carbocycles. The molecule has 0 radical (unpaired) electrons. The van der Waals surface area contributed by atoms with E-state index in [0.717, 1.165) is 24.2 Å². The molecule has 8 nitrogen and oxygen atoms in total. The number of ether oxygens (including phenoxy) is 5. The van der Waals surface area contributed by atoms with Gasteiger partial charge in [-0.25, -0.2) is 0 Å². The summed E-state index contributed by atoms with van der Waals surface area (Å²) in [7, 11) is 3.23. The molecule has 35 heavy (non-hydrogen) atoms. The molecule has 1 unspecified atom stereocenters. The van der Waals surface area contributed by atoms with Gasteiger partial charge in [-0.15, -0.1) is 0 Å². The highest BCUT2D eigenvalue weighted by Crippen LogP contribution is 2.32. The van der Waals surface area contributed by atoms with Gasteiger partial charge in [0.1, 0.15) is 0 Å². The maximum Gasteiger partial charge on any atom is 0.244 e. The van der Waals surface area contributed by atoms with E-state index in [1.54, 1.807) is 20.3 Å². The van der Waals surface area contributed by atoms with Crippen LogP contribution in [0.3, 0.4) is 0 Å². The molecule has 1 N–H and O–H groups in total. The predicted octanol–water partition coefficient (Wildman–Crippen LogP) is 3.70. The fraction of sp³-hybridized carbons (Fsp3) is 0.444. The molecule has 2 aromatic rings. The van der Waals surface area contributed by atoms with Gasteiger partial charge in [-0.05, 0) is 55.3 Å². The Balaban J connectivity index is 1.71. The highest BCUT2D eigenvalue weighted by Gasteiger charge is 2.24. The molecule has 1 atom stereocenters. The molecular weight excluding hydrogens is 448 g/mol. The summed E-state index contributed by atoms with van der Waals surface area (Å²) in [6.07, 6.45) is 3.29. The van der Waals surface area contributed by atoms with Gasteiger partial charge in [0.25, 0.3) is 0 Å². The first kappa shape index (κ1) is 26.4. The van der Waals surface area contributed by atoms with Crippen LogP contribution in [0.4, 0.5) is 0 Å². The summed E-state index contributed by atoms with van der Waals surface area (Å²) in [5.41, 5.74) is 1.90. The van der Waals surface area contributed by atoms with Crippen LogP contribution in [0.25, 0.3) is 6.08 Å². The first-order valence-electron chi connectivity index (χ1n) is 12.0. The molecule has 2 aromatic carbocycles. The number of rotatable bonds is 12. The fourth-order valence-electron chi connectivity index (χ4n) is 4.00. The van der Waals surface area contributed by atoms with Crippen molar-refractivity contribution in [3.63, 3.8) is 0 Å². The van der Waals surface area contributed by atoms with Gasteiger partial charge in [0, 0.05) is 25.7 Å². The Kier molecular flexibility index (Phi) is 10.3. The fourth-order valence-corrected chi connectivity index (χ4v) is 4.00. The normalized spacial score (nSPS) is 15.0. The van der Waals surface area contributed by atoms with Gasteiger partial charge < -0.3 is 29.0 Å². The molecule has 8 heteroatoms. The number of hydrogen-bond acceptors (Lipinski definition) is 7. The summed E-state index contributed by atoms with van der Waals surface area (Å²) < 4.78 is 27.7. The Bertz CT molecular complexity index is 988. The van der Waals surface area contributed by atoms with Crippen LogP contribution >= 0.6 is 0 Å². The summed E-state index contributed by atoms with van der Waals surface area (Å²) in [4.78, 5) is 15.0. The lowest BCUT2D eigenvalue weighted by atomic mass is 10.0. The Labute approximate surface area is 207 Å². The van der Waals surface area contributed by atoms with E-state index in [1.165, 1.54) is 6.08 Å². The van der Waals surface area contributed by atoms with E-state index >= 15 is 0 Å². The number of amides is 1. The van der Waals surface area contributed by atoms with Gasteiger partial charge in [-0.2, -0.15) is 0 Å². The van der Waals surface area contributed by atoms with Crippen molar-refractivity contribution >= 4 is 12.0 Å². The lowest BCUT2D eigenvalue weighted by Gasteiger charge is -2.35. The second-order valence-corrected chi connectivity index (χ2v) is 7.93. The SMILES string of the molecule is CCOc1ccc(/C=C/C(=O)NCC(c2ccc(OCC)c(OC)c2)N2CCOCC2)cc1OC. The van der Waals surface area contributed by atoms with E-state index in [2.05, 4.69) is 10.2 Å². The van der Waals surface area contributed by atoms with E-state index < -0.39 is 0 Å². The Hall–Kier alpha value is -3.23. The topological polar surface area (TPSA) is 78.5 Å². The highest BCUT2D eigenvalue weighted by molar-refractivity contribution is 5.91. The van der Waals surface area contributed by atoms with Gasteiger partial charge in [-0.1, -0.05) is 12.1 Å². The van der Waals surface area contributed by atoms with Crippen LogP contribution in [0.5, 0.6) is 23.0 Å². The van der Waals surface area contributed by atoms with E-state index in [9.17, 15) is 4.79 Å². The number of methoxy groups -OCH3 is 2. The quantitative estimate of drug-likeness (QED) is 0.460. The van der Waals surface area contributed by atoms with Gasteiger partial charge in [0.2, 0.25) is 5.91 Å². The van der Waals surface area contributed by atoms with Crippen LogP contribution in [-0.4, -0.2) is 71.1 Å². The van der Waals surface area contributed by atoms with Gasteiger partial charge >= 0.3 is 0 Å². The average molecular weight is 485 g/mol. The van der Waals surface area contributed by atoms with Crippen molar-refractivity contribution < 1.29 is 28.5 Å². The smallest absolute Gasteiger partial charge is 0.244 e. The zero-order chi connectivity index (χ0) is 25.0. The third-order valence-corrected chi connectivity index (χ3v) is 5.74. The molecule has 0 saturated carbocycles. The van der Waals surface area contributed by atoms with E-state index in [-0.39, 0.29) is 11.9 Å². The molecule has 0 bridgehead atoms. The highest BCUT2D eigenvalue weighted by atomic mass is 16.5. The van der Waals surface area contributed by atoms with Crippen LogP contribution in [0, 0.1) is 0 Å². The molecular formula is C27H36N2O6. The van der Waals surface area contributed by atoms with Crippen molar-refractivity contribution in [2.45, 2.75) is 19.9 Å². The number of nitrogens with zero attached hydrogens (tertiary/aromatic N) is 1. The van der Waals surface area contributed by atoms with Crippen LogP contribution < -0.4 is 24.3 Å². The standard InChI is InChI=1S/C27H36N2O6/c1-5-34-23-10-7-20(17-25(23)31-3)8-12-27(30)28-19-22(29-13-15-33-16-14-29)21-9-11-24(35-6-2)26(18-21)32-4/h7-12,17-18,22H,5-6,13-16,19H2,1-4H3,(H,28,30)/b12-8+. The first-order chi connectivity index (χ1) is 17.1. The number of nitrogens with one attached hydrogen (secondary N) is 1. The molecule has 1 amide bonds. The van der Waals surface area contributed by atoms with Crippen LogP contribution in [0.15, 0.2) is 42.5 Å². The summed E-state index contributed by atoms with van der Waals surface area (Å²) >= 11 is 0. The number of morpholine rings is 1. The predicted molar refractivity (Wildman–Crippen MR) is 136 cm³/mol. The number of carbonyl (C=O) groups excluding carboxylic acids is 1. The van der Waals surface area contributed by atoms with Crippen LogP contribution in [0.2, 0.25) is 0 Å². The lowest BCUT2D eigenvalue weighted by Crippen LogP contribution is -2.43. The van der Waals surface area contributed by atoms with Crippen molar-refractivity contribution in [2.75, 3.05) is 60.3 Å². The van der Waals surface area contributed by atoms with Crippen molar-refractivity contribution in [2.24, 2.45) is 0 Å². The molecule has 1 aliphatic heterocycles. The summed E-state index contributed by atoms with van der Waals surface area (Å²) in [5.74, 6) is 2.52. The Morgan fingerprint density at radius 2 is 1.60 bits per heavy atom. The zero-order valence-electron chi connectivity index (χ0n) is 21.0. The summed E-state index contributed by atoms with van der Waals surface area (Å²) in [6, 6.07) is 11.5. The number of benzene rings is 2. The Morgan fingerprint density at radius 3 is 2.23 bits per heavy atom. The second-order valence-electron chi connectivity index (χ2n) is 7.93. The minimum Gasteiger partial charge on any atom is -0.493 e. The molecule has 1 saturated heterocycles. The summed E-state index contributed by atoms with van der Waals surface area (Å²) in [6.45, 7) is 8.34. The second kappa shape index (κ2) is 13.6. The van der Waals surface area contributed by atoms with E-state index in [0.29, 0.717) is 56.0 Å². The molecule has 0 aromatic heterocycles. The minimum atomic E-state index is -0.172. The first-order valence-corrected chi connectivity index (χ1v) is 12.0. The molecule has 1 fully saturated rings. The van der Waals surface area contributed by atoms with Crippen molar-refractivity contribution in [1.82, 2.24) is 10.2 Å². The van der Waals surface area contributed by atoms with Crippen LogP contribution in [0.1, 0.15) is 31.0 Å². The molecule has 190 valence electrons. The van der Waals surface area contributed by atoms with Gasteiger partial charge in [-0.3, -0.25) is 9.69 Å². The van der Waals surface area contributed by atoms with Crippen LogP contribution in [-0.2, 0) is 9.53 Å². The van der Waals surface area contributed by atoms with Crippen molar-refractivity contribution in [1.29, 1.82) is 0 Å². The van der Waals surface area contributed by atoms with Gasteiger partial charge in [0.05, 0.1) is 46.7 Å². The Morgan fingerprint density at radius 1 is 0.971 bits per heavy atom. The zero-order valence-corrected chi connectivity index (χ0v) is 21.0. The average Bonchev–Trinajstić information content (AvgIpc) is 2.89. The minimum absolute atomic E-state index is 0.0219. The number of carbonyl (C=O) groups is 1. The van der Waals surface area contributed by atoms with Crippen molar-refractivity contribution in [3.05, 3.63) is 53.6 Å². The molecule has 0 spiro atoms. The van der Waals surface area contributed by atoms with E-state index in [1.807, 2.05) is 50.2 Å².